The first-order chi connectivity index (χ1) is 2.77. The van der Waals surface area contributed by atoms with E-state index in [4.69, 9.17) is 0 Å². The highest BCUT2D eigenvalue weighted by atomic mass is 19.1. The Kier molecular flexibility index (Phi) is 2.73. The lowest BCUT2D eigenvalue weighted by Crippen LogP contribution is -1.73. The van der Waals surface area contributed by atoms with Gasteiger partial charge in [0.25, 0.3) is 0 Å². The molecular weight excluding hydrogens is 79.1 g/mol. The van der Waals surface area contributed by atoms with Crippen molar-refractivity contribution in [2.75, 3.05) is 0 Å². The van der Waals surface area contributed by atoms with E-state index in [2.05, 4.69) is 6.92 Å². The minimum atomic E-state index is 0.0926. The second-order valence-corrected chi connectivity index (χ2v) is 1.30. The van der Waals surface area contributed by atoms with Crippen LogP contribution in [0.25, 0.3) is 0 Å². The summed E-state index contributed by atoms with van der Waals surface area (Å²) in [5, 5.41) is 0. The standard InChI is InChI=1S/C5H8F/c1-5(2)3-4-6/h3-5H,1H2,2H3/b4-3-. The highest BCUT2D eigenvalue weighted by Crippen LogP contribution is 1.90. The van der Waals surface area contributed by atoms with E-state index in [1.807, 2.05) is 6.92 Å². The molecule has 6 heavy (non-hydrogen) atoms. The van der Waals surface area contributed by atoms with Gasteiger partial charge in [0, 0.05) is 0 Å². The minimum Gasteiger partial charge on any atom is -0.216 e. The zero-order chi connectivity index (χ0) is 4.99. The van der Waals surface area contributed by atoms with Gasteiger partial charge >= 0.3 is 0 Å². The molecule has 1 radical (unpaired) electrons. The summed E-state index contributed by atoms with van der Waals surface area (Å²) in [5.74, 6) is 0.0926. The molecule has 1 atom stereocenters. The van der Waals surface area contributed by atoms with Crippen LogP contribution in [-0.4, -0.2) is 0 Å². The van der Waals surface area contributed by atoms with Crippen molar-refractivity contribution in [2.45, 2.75) is 6.92 Å². The normalized spacial score (nSPS) is 11.3. The molecule has 0 aliphatic carbocycles. The second kappa shape index (κ2) is 2.88. The monoisotopic (exact) mass is 87.1 g/mol. The summed E-state index contributed by atoms with van der Waals surface area (Å²) >= 11 is 0. The fourth-order valence-corrected chi connectivity index (χ4v) is 0.124. The van der Waals surface area contributed by atoms with Gasteiger partial charge in [-0.1, -0.05) is 13.0 Å². The molecule has 0 fully saturated rings. The lowest BCUT2D eigenvalue weighted by Gasteiger charge is -1.85. The van der Waals surface area contributed by atoms with Crippen LogP contribution in [0.5, 0.6) is 0 Å². The van der Waals surface area contributed by atoms with Gasteiger partial charge in [0.1, 0.15) is 0 Å². The molecule has 0 spiro atoms. The molecule has 0 nitrogen and oxygen atoms in total. The maximum absolute atomic E-state index is 11.0. The molecule has 0 saturated heterocycles. The SMILES string of the molecule is [CH2]C(C)/C=C\F. The molecular formula is C5H8F. The number of halogens is 1. The third kappa shape index (κ3) is 3.67. The summed E-state index contributed by atoms with van der Waals surface area (Å²) < 4.78 is 11.0. The summed E-state index contributed by atoms with van der Waals surface area (Å²) in [6, 6.07) is 0. The first kappa shape index (κ1) is 5.67. The van der Waals surface area contributed by atoms with E-state index in [0.717, 1.165) is 0 Å². The molecule has 0 amide bonds. The van der Waals surface area contributed by atoms with E-state index in [0.29, 0.717) is 6.33 Å². The Morgan fingerprint density at radius 2 is 2.33 bits per heavy atom. The molecule has 0 rings (SSSR count). The van der Waals surface area contributed by atoms with Gasteiger partial charge in [-0.25, -0.2) is 4.39 Å². The first-order valence-electron chi connectivity index (χ1n) is 1.87. The molecule has 0 aromatic carbocycles. The topological polar surface area (TPSA) is 0 Å². The number of hydrogen-bond acceptors (Lipinski definition) is 0. The zero-order valence-corrected chi connectivity index (χ0v) is 3.82. The predicted octanol–water partition coefficient (Wildman–Crippen LogP) is 1.94. The Labute approximate surface area is 37.7 Å². The molecule has 1 heteroatoms. The van der Waals surface area contributed by atoms with Crippen LogP contribution in [0.15, 0.2) is 12.4 Å². The van der Waals surface area contributed by atoms with Crippen molar-refractivity contribution in [2.24, 2.45) is 5.92 Å². The molecule has 0 saturated carbocycles. The Hall–Kier alpha value is -0.330. The van der Waals surface area contributed by atoms with Crippen molar-refractivity contribution in [1.29, 1.82) is 0 Å². The first-order valence-corrected chi connectivity index (χ1v) is 1.87. The van der Waals surface area contributed by atoms with Crippen molar-refractivity contribution in [3.05, 3.63) is 19.3 Å². The highest BCUT2D eigenvalue weighted by Gasteiger charge is 1.78. The number of rotatable bonds is 1. The zero-order valence-electron chi connectivity index (χ0n) is 3.82. The average molecular weight is 87.1 g/mol. The van der Waals surface area contributed by atoms with Gasteiger partial charge in [0.05, 0.1) is 6.33 Å². The van der Waals surface area contributed by atoms with Crippen LogP contribution >= 0.6 is 0 Å². The molecule has 0 aliphatic rings. The van der Waals surface area contributed by atoms with E-state index in [1.165, 1.54) is 6.08 Å². The second-order valence-electron chi connectivity index (χ2n) is 1.30. The maximum Gasteiger partial charge on any atom is 0.0829 e. The number of allylic oxidation sites excluding steroid dienone is 1. The lowest BCUT2D eigenvalue weighted by atomic mass is 10.2. The Balaban J connectivity index is 3.03. The predicted molar refractivity (Wildman–Crippen MR) is 24.8 cm³/mol. The Morgan fingerprint density at radius 3 is 2.33 bits per heavy atom. The van der Waals surface area contributed by atoms with Crippen molar-refractivity contribution in [3.63, 3.8) is 0 Å². The molecule has 35 valence electrons. The smallest absolute Gasteiger partial charge is 0.0829 e. The van der Waals surface area contributed by atoms with Gasteiger partial charge in [0.2, 0.25) is 0 Å². The van der Waals surface area contributed by atoms with Crippen LogP contribution in [0, 0.1) is 12.8 Å². The quantitative estimate of drug-likeness (QED) is 0.458. The summed E-state index contributed by atoms with van der Waals surface area (Å²) in [5.41, 5.74) is 0. The van der Waals surface area contributed by atoms with Gasteiger partial charge in [-0.05, 0) is 12.8 Å². The molecule has 0 N–H and O–H groups in total. The molecule has 0 aromatic rings. The molecule has 0 aliphatic heterocycles. The largest absolute Gasteiger partial charge is 0.216 e. The van der Waals surface area contributed by atoms with Crippen molar-refractivity contribution in [3.8, 4) is 0 Å². The summed E-state index contributed by atoms with van der Waals surface area (Å²) in [7, 11) is 0. The summed E-state index contributed by atoms with van der Waals surface area (Å²) in [6.45, 7) is 5.32. The number of hydrogen-bond donors (Lipinski definition) is 0. The average Bonchev–Trinajstić information content (AvgIpc) is 1.35. The summed E-state index contributed by atoms with van der Waals surface area (Å²) in [4.78, 5) is 0. The Morgan fingerprint density at radius 1 is 1.83 bits per heavy atom. The fraction of sp³-hybridized carbons (Fsp3) is 0.400. The van der Waals surface area contributed by atoms with Crippen LogP contribution in [0.1, 0.15) is 6.92 Å². The van der Waals surface area contributed by atoms with Crippen molar-refractivity contribution >= 4 is 0 Å². The van der Waals surface area contributed by atoms with E-state index in [-0.39, 0.29) is 5.92 Å². The highest BCUT2D eigenvalue weighted by molar-refractivity contribution is 4.79. The maximum atomic E-state index is 11.0. The van der Waals surface area contributed by atoms with Crippen LogP contribution in [-0.2, 0) is 0 Å². The van der Waals surface area contributed by atoms with Gasteiger partial charge in [-0.3, -0.25) is 0 Å². The third-order valence-corrected chi connectivity index (χ3v) is 0.401. The lowest BCUT2D eigenvalue weighted by molar-refractivity contribution is 0.705. The van der Waals surface area contributed by atoms with Crippen LogP contribution in [0.3, 0.4) is 0 Å². The van der Waals surface area contributed by atoms with Crippen LogP contribution in [0.2, 0.25) is 0 Å². The van der Waals surface area contributed by atoms with E-state index in [9.17, 15) is 4.39 Å². The van der Waals surface area contributed by atoms with Crippen LogP contribution in [0.4, 0.5) is 4.39 Å². The fourth-order valence-electron chi connectivity index (χ4n) is 0.124. The van der Waals surface area contributed by atoms with Gasteiger partial charge < -0.3 is 0 Å². The van der Waals surface area contributed by atoms with Gasteiger partial charge in [-0.2, -0.15) is 0 Å². The van der Waals surface area contributed by atoms with E-state index < -0.39 is 0 Å². The Bertz CT molecular complexity index is 45.9. The van der Waals surface area contributed by atoms with Crippen molar-refractivity contribution in [1.82, 2.24) is 0 Å². The summed E-state index contributed by atoms with van der Waals surface area (Å²) in [6.07, 6.45) is 1.90. The molecule has 1 unspecified atom stereocenters. The van der Waals surface area contributed by atoms with E-state index >= 15 is 0 Å². The molecule has 0 bridgehead atoms. The minimum absolute atomic E-state index is 0.0926. The molecule has 0 aromatic heterocycles. The van der Waals surface area contributed by atoms with Gasteiger partial charge in [0.15, 0.2) is 0 Å². The van der Waals surface area contributed by atoms with Crippen LogP contribution < -0.4 is 0 Å². The van der Waals surface area contributed by atoms with Crippen molar-refractivity contribution < 1.29 is 4.39 Å². The molecule has 0 heterocycles. The third-order valence-electron chi connectivity index (χ3n) is 0.401. The van der Waals surface area contributed by atoms with Gasteiger partial charge in [-0.15, -0.1) is 0 Å². The van der Waals surface area contributed by atoms with E-state index in [1.54, 1.807) is 0 Å².